The summed E-state index contributed by atoms with van der Waals surface area (Å²) >= 11 is 6.03. The number of piperidine rings is 1. The van der Waals surface area contributed by atoms with E-state index in [-0.39, 0.29) is 28.9 Å². The van der Waals surface area contributed by atoms with E-state index in [1.807, 2.05) is 29.2 Å². The van der Waals surface area contributed by atoms with Crippen LogP contribution < -0.4 is 0 Å². The molecule has 1 saturated heterocycles. The third-order valence-electron chi connectivity index (χ3n) is 13.6. The topological polar surface area (TPSA) is 81.0 Å². The van der Waals surface area contributed by atoms with Gasteiger partial charge in [0, 0.05) is 24.5 Å². The Labute approximate surface area is 252 Å². The van der Waals surface area contributed by atoms with Gasteiger partial charge in [-0.1, -0.05) is 44.5 Å². The second kappa shape index (κ2) is 11.1. The third kappa shape index (κ3) is 5.19. The quantitative estimate of drug-likeness (QED) is 0.366. The summed E-state index contributed by atoms with van der Waals surface area (Å²) in [5.41, 5.74) is 0.492. The Morgan fingerprint density at radius 2 is 1.61 bits per heavy atom. The predicted octanol–water partition coefficient (Wildman–Crippen LogP) is 6.56. The van der Waals surface area contributed by atoms with Gasteiger partial charge in [0.25, 0.3) is 0 Å². The van der Waals surface area contributed by atoms with Gasteiger partial charge in [-0.15, -0.1) is 0 Å². The first-order chi connectivity index (χ1) is 19.4. The molecule has 5 fully saturated rings. The summed E-state index contributed by atoms with van der Waals surface area (Å²) in [7, 11) is 0. The van der Waals surface area contributed by atoms with E-state index in [1.54, 1.807) is 0 Å². The Balaban J connectivity index is 1.05. The molecule has 228 valence electrons. The van der Waals surface area contributed by atoms with E-state index in [0.717, 1.165) is 37.7 Å². The zero-order valence-electron chi connectivity index (χ0n) is 25.4. The number of likely N-dealkylation sites (tertiary alicyclic amines) is 1. The van der Waals surface area contributed by atoms with Crippen LogP contribution in [0.3, 0.4) is 0 Å². The molecule has 1 amide bonds. The molecule has 0 radical (unpaired) electrons. The molecule has 5 nitrogen and oxygen atoms in total. The molecule has 0 aromatic heterocycles. The number of benzene rings is 1. The summed E-state index contributed by atoms with van der Waals surface area (Å²) < 4.78 is 0. The average Bonchev–Trinajstić information content (AvgIpc) is 3.30. The second-order valence-electron chi connectivity index (χ2n) is 15.4. The lowest BCUT2D eigenvalue weighted by atomic mass is 9.43. The molecule has 3 N–H and O–H groups in total. The molecule has 1 heterocycles. The molecule has 10 atom stereocenters. The number of aliphatic hydroxyl groups is 3. The van der Waals surface area contributed by atoms with Crippen LogP contribution in [0.4, 0.5) is 0 Å². The number of halogens is 1. The number of amides is 1. The van der Waals surface area contributed by atoms with Crippen LogP contribution in [0, 0.1) is 46.3 Å². The Bertz CT molecular complexity index is 1100. The van der Waals surface area contributed by atoms with Crippen LogP contribution in [0.1, 0.15) is 103 Å². The van der Waals surface area contributed by atoms with Gasteiger partial charge >= 0.3 is 0 Å². The van der Waals surface area contributed by atoms with Crippen molar-refractivity contribution in [3.8, 4) is 0 Å². The van der Waals surface area contributed by atoms with Crippen LogP contribution in [0.2, 0.25) is 5.02 Å². The van der Waals surface area contributed by atoms with Crippen LogP contribution >= 0.6 is 11.6 Å². The van der Waals surface area contributed by atoms with Crippen molar-refractivity contribution in [2.24, 2.45) is 46.3 Å². The molecular formula is C35H52ClNO4. The largest absolute Gasteiger partial charge is 0.393 e. The highest BCUT2D eigenvalue weighted by Crippen LogP contribution is 2.68. The fourth-order valence-corrected chi connectivity index (χ4v) is 11.2. The minimum atomic E-state index is -0.890. The normalized spacial score (nSPS) is 42.6. The predicted molar refractivity (Wildman–Crippen MR) is 162 cm³/mol. The summed E-state index contributed by atoms with van der Waals surface area (Å²) in [6.45, 7) is 8.54. The lowest BCUT2D eigenvalue weighted by Gasteiger charge is -2.62. The average molecular weight is 586 g/mol. The van der Waals surface area contributed by atoms with Crippen molar-refractivity contribution in [3.63, 3.8) is 0 Å². The van der Waals surface area contributed by atoms with Crippen molar-refractivity contribution >= 4 is 17.5 Å². The first-order valence-corrected chi connectivity index (χ1v) is 16.9. The van der Waals surface area contributed by atoms with Crippen LogP contribution in [0.15, 0.2) is 24.3 Å². The summed E-state index contributed by atoms with van der Waals surface area (Å²) in [6.07, 6.45) is 10.8. The maximum absolute atomic E-state index is 13.3. The van der Waals surface area contributed by atoms with E-state index in [9.17, 15) is 20.1 Å². The fourth-order valence-electron chi connectivity index (χ4n) is 11.1. The first kappa shape index (κ1) is 29.9. The van der Waals surface area contributed by atoms with Gasteiger partial charge in [-0.2, -0.15) is 0 Å². The molecule has 4 saturated carbocycles. The highest BCUT2D eigenvalue weighted by atomic mass is 35.5. The van der Waals surface area contributed by atoms with Gasteiger partial charge in [0.05, 0.1) is 17.8 Å². The lowest BCUT2D eigenvalue weighted by molar-refractivity contribution is -0.174. The van der Waals surface area contributed by atoms with Crippen molar-refractivity contribution in [2.45, 2.75) is 116 Å². The number of hydrogen-bond donors (Lipinski definition) is 3. The molecule has 1 aliphatic heterocycles. The summed E-state index contributed by atoms with van der Waals surface area (Å²) in [4.78, 5) is 15.2. The van der Waals surface area contributed by atoms with E-state index >= 15 is 0 Å². The Hall–Kier alpha value is -1.14. The maximum atomic E-state index is 13.3. The minimum absolute atomic E-state index is 0.190. The van der Waals surface area contributed by atoms with Gasteiger partial charge in [-0.25, -0.2) is 0 Å². The lowest BCUT2D eigenvalue weighted by Crippen LogP contribution is -2.58. The number of carbonyl (C=O) groups is 1. The number of carbonyl (C=O) groups excluding carboxylic acids is 1. The number of fused-ring (bicyclic) bond motifs is 5. The van der Waals surface area contributed by atoms with Gasteiger partial charge < -0.3 is 20.2 Å². The number of hydrogen-bond acceptors (Lipinski definition) is 4. The molecule has 41 heavy (non-hydrogen) atoms. The van der Waals surface area contributed by atoms with Crippen molar-refractivity contribution in [1.29, 1.82) is 0 Å². The molecule has 1 aromatic carbocycles. The van der Waals surface area contributed by atoms with Gasteiger partial charge in [-0.3, -0.25) is 4.79 Å². The van der Waals surface area contributed by atoms with Gasteiger partial charge in [0.2, 0.25) is 5.91 Å². The van der Waals surface area contributed by atoms with Gasteiger partial charge in [0.15, 0.2) is 0 Å². The Kier molecular flexibility index (Phi) is 8.09. The summed E-state index contributed by atoms with van der Waals surface area (Å²) in [5.74, 6) is 3.28. The minimum Gasteiger partial charge on any atom is -0.393 e. The molecular weight excluding hydrogens is 534 g/mol. The van der Waals surface area contributed by atoms with E-state index in [2.05, 4.69) is 20.8 Å². The molecule has 0 spiro atoms. The van der Waals surface area contributed by atoms with Crippen molar-refractivity contribution in [3.05, 3.63) is 34.9 Å². The smallest absolute Gasteiger partial charge is 0.222 e. The van der Waals surface area contributed by atoms with Crippen LogP contribution in [-0.4, -0.2) is 51.4 Å². The molecule has 0 bridgehead atoms. The standard InChI is InChI=1S/C35H52ClNO4/c1-22(4-11-31(40)37-18-16-35(41,17-19-37)23-5-7-25(36)8-6-23)27-9-10-28-32-29(13-15-34(27,28)3)33(2)14-12-26(38)20-24(33)21-30(32)39/h5-8,22,24,26-30,32,38-39,41H,4,9-21H2,1-3H3/t22-,24+,26-,27-,28+,29+,30+,32+,33+,34-/m1/s1. The molecule has 5 aliphatic rings. The number of rotatable bonds is 5. The zero-order chi connectivity index (χ0) is 29.2. The fraction of sp³-hybridized carbons (Fsp3) is 0.800. The van der Waals surface area contributed by atoms with E-state index < -0.39 is 5.60 Å². The Morgan fingerprint density at radius 1 is 0.951 bits per heavy atom. The molecule has 4 aliphatic carbocycles. The van der Waals surface area contributed by atoms with Gasteiger partial charge in [0.1, 0.15) is 0 Å². The molecule has 0 unspecified atom stereocenters. The SMILES string of the molecule is C[C@H](CCC(=O)N1CCC(O)(c2ccc(Cl)cc2)CC1)[C@H]1CC[C@H]2[C@@H]3[C@@H](O)C[C@@H]4C[C@H](O)CC[C@]4(C)[C@H]3CC[C@]12C. The molecule has 6 rings (SSSR count). The summed E-state index contributed by atoms with van der Waals surface area (Å²) in [6, 6.07) is 7.44. The first-order valence-electron chi connectivity index (χ1n) is 16.6. The Morgan fingerprint density at radius 3 is 2.32 bits per heavy atom. The van der Waals surface area contributed by atoms with Crippen molar-refractivity contribution < 1.29 is 20.1 Å². The van der Waals surface area contributed by atoms with Crippen molar-refractivity contribution in [1.82, 2.24) is 4.90 Å². The third-order valence-corrected chi connectivity index (χ3v) is 13.8. The monoisotopic (exact) mass is 585 g/mol. The van der Waals surface area contributed by atoms with Gasteiger partial charge in [-0.05, 0) is 135 Å². The van der Waals surface area contributed by atoms with Crippen molar-refractivity contribution in [2.75, 3.05) is 13.1 Å². The summed E-state index contributed by atoms with van der Waals surface area (Å²) in [5, 5.41) is 33.8. The number of aliphatic hydroxyl groups excluding tert-OH is 2. The highest BCUT2D eigenvalue weighted by Gasteiger charge is 2.62. The van der Waals surface area contributed by atoms with E-state index in [1.165, 1.54) is 25.7 Å². The van der Waals surface area contributed by atoms with Crippen LogP contribution in [-0.2, 0) is 10.4 Å². The molecule has 6 heteroatoms. The van der Waals surface area contributed by atoms with Crippen LogP contribution in [0.25, 0.3) is 0 Å². The number of nitrogens with zero attached hydrogens (tertiary/aromatic N) is 1. The van der Waals surface area contributed by atoms with E-state index in [4.69, 9.17) is 11.6 Å². The second-order valence-corrected chi connectivity index (χ2v) is 15.8. The highest BCUT2D eigenvalue weighted by molar-refractivity contribution is 6.30. The molecule has 1 aromatic rings. The maximum Gasteiger partial charge on any atom is 0.222 e. The van der Waals surface area contributed by atoms with Crippen LogP contribution in [0.5, 0.6) is 0 Å². The van der Waals surface area contributed by atoms with E-state index in [0.29, 0.717) is 72.9 Å². The zero-order valence-corrected chi connectivity index (χ0v) is 26.2.